The zero-order chi connectivity index (χ0) is 22.9. The second-order valence-corrected chi connectivity index (χ2v) is 10.1. The molecule has 3 heterocycles. The Morgan fingerprint density at radius 2 is 1.88 bits per heavy atom. The minimum atomic E-state index is 0.206. The number of rotatable bonds is 5. The van der Waals surface area contributed by atoms with Crippen molar-refractivity contribution >= 4 is 11.6 Å². The number of hydrogen-bond acceptors (Lipinski definition) is 5. The van der Waals surface area contributed by atoms with E-state index in [0.717, 1.165) is 55.2 Å². The van der Waals surface area contributed by atoms with Crippen LogP contribution in [-0.4, -0.2) is 49.9 Å². The summed E-state index contributed by atoms with van der Waals surface area (Å²) in [5, 5.41) is 10.2. The van der Waals surface area contributed by atoms with Gasteiger partial charge in [0.1, 0.15) is 17.8 Å². The molecule has 5 rings (SSSR count). The molecule has 0 bridgehead atoms. The SMILES string of the molecule is CC(C)N(C)C1Cc2cc(Cl)ccc2-n2c(nnc2C2CCC(Oc3ccccn3)CC2)C1. The van der Waals surface area contributed by atoms with E-state index in [1.807, 2.05) is 24.3 Å². The molecule has 1 fully saturated rings. The van der Waals surface area contributed by atoms with Crippen molar-refractivity contribution in [3.8, 4) is 11.6 Å². The first kappa shape index (κ1) is 22.4. The van der Waals surface area contributed by atoms with Gasteiger partial charge in [-0.05, 0) is 82.8 Å². The molecule has 1 aliphatic carbocycles. The van der Waals surface area contributed by atoms with E-state index in [0.29, 0.717) is 23.9 Å². The Bertz CT molecular complexity index is 1090. The van der Waals surface area contributed by atoms with Crippen LogP contribution in [-0.2, 0) is 12.8 Å². The first-order chi connectivity index (χ1) is 16.0. The molecule has 1 aromatic carbocycles. The van der Waals surface area contributed by atoms with Crippen LogP contribution in [0.3, 0.4) is 0 Å². The number of nitrogens with zero attached hydrogens (tertiary/aromatic N) is 5. The van der Waals surface area contributed by atoms with Gasteiger partial charge >= 0.3 is 0 Å². The lowest BCUT2D eigenvalue weighted by Gasteiger charge is -2.30. The molecular formula is C26H32ClN5O. The summed E-state index contributed by atoms with van der Waals surface area (Å²) in [6.07, 6.45) is 7.88. The van der Waals surface area contributed by atoms with Crippen LogP contribution in [0.2, 0.25) is 5.02 Å². The maximum atomic E-state index is 6.42. The fourth-order valence-corrected chi connectivity index (χ4v) is 5.39. The van der Waals surface area contributed by atoms with Crippen molar-refractivity contribution in [3.05, 3.63) is 64.8 Å². The Labute approximate surface area is 201 Å². The lowest BCUT2D eigenvalue weighted by atomic mass is 9.86. The highest BCUT2D eigenvalue weighted by Crippen LogP contribution is 2.37. The molecule has 2 aromatic heterocycles. The average Bonchev–Trinajstić information content (AvgIpc) is 3.15. The molecule has 0 saturated heterocycles. The normalized spacial score (nSPS) is 22.7. The number of ether oxygens (including phenoxy) is 1. The third-order valence-electron chi connectivity index (χ3n) is 7.27. The van der Waals surface area contributed by atoms with E-state index in [1.54, 1.807) is 6.20 Å². The Morgan fingerprint density at radius 3 is 2.61 bits per heavy atom. The Hall–Kier alpha value is -2.44. The Balaban J connectivity index is 1.41. The summed E-state index contributed by atoms with van der Waals surface area (Å²) in [7, 11) is 2.20. The smallest absolute Gasteiger partial charge is 0.213 e. The van der Waals surface area contributed by atoms with E-state index >= 15 is 0 Å². The van der Waals surface area contributed by atoms with Gasteiger partial charge in [0.05, 0.1) is 5.69 Å². The van der Waals surface area contributed by atoms with Crippen LogP contribution in [0.25, 0.3) is 5.69 Å². The van der Waals surface area contributed by atoms with Gasteiger partial charge in [0.2, 0.25) is 5.88 Å². The number of fused-ring (bicyclic) bond motifs is 3. The lowest BCUT2D eigenvalue weighted by Crippen LogP contribution is -2.39. The van der Waals surface area contributed by atoms with E-state index < -0.39 is 0 Å². The zero-order valence-electron chi connectivity index (χ0n) is 19.6. The molecule has 1 atom stereocenters. The highest BCUT2D eigenvalue weighted by molar-refractivity contribution is 6.30. The third-order valence-corrected chi connectivity index (χ3v) is 7.50. The molecule has 2 aliphatic rings. The van der Waals surface area contributed by atoms with Gasteiger partial charge in [0.25, 0.3) is 0 Å². The largest absolute Gasteiger partial charge is 0.474 e. The van der Waals surface area contributed by atoms with Crippen LogP contribution in [0, 0.1) is 0 Å². The highest BCUT2D eigenvalue weighted by Gasteiger charge is 2.33. The molecule has 1 unspecified atom stereocenters. The summed E-state index contributed by atoms with van der Waals surface area (Å²) < 4.78 is 8.44. The number of hydrogen-bond donors (Lipinski definition) is 0. The van der Waals surface area contributed by atoms with Crippen LogP contribution in [0.15, 0.2) is 42.6 Å². The number of aromatic nitrogens is 4. The van der Waals surface area contributed by atoms with Crippen molar-refractivity contribution in [3.63, 3.8) is 0 Å². The fraction of sp³-hybridized carbons (Fsp3) is 0.500. The number of halogens is 1. The molecule has 0 amide bonds. The molecule has 0 spiro atoms. The van der Waals surface area contributed by atoms with Gasteiger partial charge < -0.3 is 9.64 Å². The van der Waals surface area contributed by atoms with E-state index in [9.17, 15) is 0 Å². The Morgan fingerprint density at radius 1 is 1.06 bits per heavy atom. The average molecular weight is 466 g/mol. The number of pyridine rings is 1. The maximum absolute atomic E-state index is 6.42. The van der Waals surface area contributed by atoms with Crippen LogP contribution in [0.1, 0.15) is 62.7 Å². The summed E-state index contributed by atoms with van der Waals surface area (Å²) in [6.45, 7) is 4.48. The summed E-state index contributed by atoms with van der Waals surface area (Å²) in [4.78, 5) is 6.75. The molecule has 1 aliphatic heterocycles. The topological polar surface area (TPSA) is 56.1 Å². The molecule has 0 radical (unpaired) electrons. The van der Waals surface area contributed by atoms with E-state index in [1.165, 1.54) is 11.3 Å². The first-order valence-corrected chi connectivity index (χ1v) is 12.4. The predicted molar refractivity (Wildman–Crippen MR) is 130 cm³/mol. The molecule has 6 nitrogen and oxygen atoms in total. The predicted octanol–water partition coefficient (Wildman–Crippen LogP) is 5.23. The van der Waals surface area contributed by atoms with Crippen LogP contribution in [0.4, 0.5) is 0 Å². The van der Waals surface area contributed by atoms with Crippen LogP contribution in [0.5, 0.6) is 5.88 Å². The van der Waals surface area contributed by atoms with Gasteiger partial charge in [-0.2, -0.15) is 0 Å². The van der Waals surface area contributed by atoms with Crippen molar-refractivity contribution in [1.29, 1.82) is 0 Å². The Kier molecular flexibility index (Phi) is 6.39. The van der Waals surface area contributed by atoms with Crippen molar-refractivity contribution in [1.82, 2.24) is 24.6 Å². The fourth-order valence-electron chi connectivity index (χ4n) is 5.20. The molecule has 3 aromatic rings. The second kappa shape index (κ2) is 9.43. The lowest BCUT2D eigenvalue weighted by molar-refractivity contribution is 0.139. The molecule has 1 saturated carbocycles. The summed E-state index contributed by atoms with van der Waals surface area (Å²) >= 11 is 6.42. The van der Waals surface area contributed by atoms with E-state index in [-0.39, 0.29) is 6.10 Å². The zero-order valence-corrected chi connectivity index (χ0v) is 20.4. The highest BCUT2D eigenvalue weighted by atomic mass is 35.5. The van der Waals surface area contributed by atoms with Gasteiger partial charge in [-0.15, -0.1) is 10.2 Å². The minimum absolute atomic E-state index is 0.206. The molecular weight excluding hydrogens is 434 g/mol. The van der Waals surface area contributed by atoms with Crippen molar-refractivity contribution in [2.45, 2.75) is 76.5 Å². The maximum Gasteiger partial charge on any atom is 0.213 e. The molecule has 33 heavy (non-hydrogen) atoms. The summed E-state index contributed by atoms with van der Waals surface area (Å²) in [5.41, 5.74) is 2.45. The third kappa shape index (κ3) is 4.64. The van der Waals surface area contributed by atoms with Crippen molar-refractivity contribution in [2.24, 2.45) is 0 Å². The van der Waals surface area contributed by atoms with Crippen molar-refractivity contribution < 1.29 is 4.74 Å². The summed E-state index contributed by atoms with van der Waals surface area (Å²) in [6, 6.07) is 12.9. The van der Waals surface area contributed by atoms with E-state index in [2.05, 4.69) is 47.5 Å². The van der Waals surface area contributed by atoms with Gasteiger partial charge in [-0.1, -0.05) is 17.7 Å². The van der Waals surface area contributed by atoms with Gasteiger partial charge in [-0.3, -0.25) is 4.57 Å². The molecule has 7 heteroatoms. The molecule has 174 valence electrons. The minimum Gasteiger partial charge on any atom is -0.474 e. The quantitative estimate of drug-likeness (QED) is 0.516. The summed E-state index contributed by atoms with van der Waals surface area (Å²) in [5.74, 6) is 3.22. The number of benzene rings is 1. The van der Waals surface area contributed by atoms with Crippen LogP contribution < -0.4 is 4.74 Å². The van der Waals surface area contributed by atoms with Gasteiger partial charge in [0.15, 0.2) is 0 Å². The van der Waals surface area contributed by atoms with Gasteiger partial charge in [0, 0.05) is 41.7 Å². The first-order valence-electron chi connectivity index (χ1n) is 12.0. The van der Waals surface area contributed by atoms with Crippen LogP contribution >= 0.6 is 11.6 Å². The van der Waals surface area contributed by atoms with Crippen molar-refractivity contribution in [2.75, 3.05) is 7.05 Å². The second-order valence-electron chi connectivity index (χ2n) is 9.66. The standard InChI is InChI=1S/C26H32ClN5O/c1-17(2)31(3)21-15-19-14-20(27)9-12-23(19)32-24(16-21)29-30-26(32)18-7-10-22(11-8-18)33-25-6-4-5-13-28-25/h4-6,9,12-14,17-18,21-22H,7-8,10-11,15-16H2,1-3H3. The monoisotopic (exact) mass is 465 g/mol. The number of likely N-dealkylation sites (N-methyl/N-ethyl adjacent to an activating group) is 1. The molecule has 0 N–H and O–H groups in total. The van der Waals surface area contributed by atoms with Gasteiger partial charge in [-0.25, -0.2) is 4.98 Å². The van der Waals surface area contributed by atoms with E-state index in [4.69, 9.17) is 26.5 Å².